The molecule has 0 aliphatic rings. The molecular formula is C52H30N4. The summed E-state index contributed by atoms with van der Waals surface area (Å²) >= 11 is 0. The van der Waals surface area contributed by atoms with Crippen LogP contribution in [-0.4, -0.2) is 18.9 Å². The molecule has 0 radical (unpaired) electrons. The lowest BCUT2D eigenvalue weighted by Gasteiger charge is -2.15. The Hall–Kier alpha value is -7.56. The predicted octanol–water partition coefficient (Wildman–Crippen LogP) is 13.5. The highest BCUT2D eigenvalue weighted by Crippen LogP contribution is 2.47. The normalized spacial score (nSPS) is 12.3. The zero-order chi connectivity index (χ0) is 36.5. The van der Waals surface area contributed by atoms with Gasteiger partial charge in [0.15, 0.2) is 0 Å². The van der Waals surface area contributed by atoms with Gasteiger partial charge in [0.2, 0.25) is 5.95 Å². The van der Waals surface area contributed by atoms with Crippen molar-refractivity contribution in [1.82, 2.24) is 18.9 Å². The molecule has 0 fully saturated rings. The van der Waals surface area contributed by atoms with Crippen molar-refractivity contribution in [3.8, 4) is 28.3 Å². The smallest absolute Gasteiger partial charge is 0.235 e. The molecule has 0 bridgehead atoms. The van der Waals surface area contributed by atoms with Gasteiger partial charge in [-0.2, -0.15) is 0 Å². The SMILES string of the molecule is c1ccc(-c2ccc3c(c2)c2c4c5ccccc5n5c6ccccc6c(cc2n3-c2nc(-c3cc6ccccc6c6ccccc36)c3ccccc3n2)c45)cc1. The Morgan fingerprint density at radius 3 is 1.86 bits per heavy atom. The Labute approximate surface area is 320 Å². The van der Waals surface area contributed by atoms with Gasteiger partial charge in [-0.3, -0.25) is 4.57 Å². The quantitative estimate of drug-likeness (QED) is 0.171. The standard InChI is InChI=1S/C52H30N4/c1-2-14-31(15-3-1)32-26-27-46-42(28-32)48-47(30-41-37-20-9-12-24-44(37)55-45-25-13-10-22-39(45)49(48)51(41)55)56(46)52-53-43-23-11-8-21-38(43)50(54-52)40-29-33-16-4-5-17-34(33)35-18-6-7-19-36(35)40/h1-30H. The minimum Gasteiger partial charge on any atom is -0.308 e. The van der Waals surface area contributed by atoms with Crippen molar-refractivity contribution in [2.75, 3.05) is 0 Å². The molecule has 0 N–H and O–H groups in total. The van der Waals surface area contributed by atoms with Crippen LogP contribution in [0.1, 0.15) is 0 Å². The average molecular weight is 711 g/mol. The van der Waals surface area contributed by atoms with Gasteiger partial charge in [-0.05, 0) is 75.1 Å². The monoisotopic (exact) mass is 710 g/mol. The molecule has 258 valence electrons. The van der Waals surface area contributed by atoms with E-state index in [0.717, 1.165) is 33.2 Å². The van der Waals surface area contributed by atoms with Crippen molar-refractivity contribution in [2.24, 2.45) is 0 Å². The van der Waals surface area contributed by atoms with Gasteiger partial charge in [-0.1, -0.05) is 140 Å². The molecule has 56 heavy (non-hydrogen) atoms. The third kappa shape index (κ3) is 3.92. The fourth-order valence-corrected chi connectivity index (χ4v) is 9.66. The Bertz CT molecular complexity index is 3760. The zero-order valence-corrected chi connectivity index (χ0v) is 30.1. The lowest BCUT2D eigenvalue weighted by molar-refractivity contribution is 1.02. The lowest BCUT2D eigenvalue weighted by atomic mass is 9.94. The lowest BCUT2D eigenvalue weighted by Crippen LogP contribution is -2.03. The first-order valence-corrected chi connectivity index (χ1v) is 19.2. The number of hydrogen-bond donors (Lipinski definition) is 0. The molecular weight excluding hydrogens is 681 g/mol. The first-order valence-electron chi connectivity index (χ1n) is 19.2. The van der Waals surface area contributed by atoms with Crippen LogP contribution >= 0.6 is 0 Å². The fourth-order valence-electron chi connectivity index (χ4n) is 9.66. The molecule has 0 saturated carbocycles. The summed E-state index contributed by atoms with van der Waals surface area (Å²) < 4.78 is 4.79. The number of rotatable bonds is 3. The number of fused-ring (bicyclic) bond motifs is 14. The second kappa shape index (κ2) is 11.0. The van der Waals surface area contributed by atoms with E-state index in [1.54, 1.807) is 0 Å². The van der Waals surface area contributed by atoms with E-state index in [2.05, 4.69) is 191 Å². The molecule has 0 unspecified atom stereocenters. The highest BCUT2D eigenvalue weighted by atomic mass is 15.2. The van der Waals surface area contributed by atoms with Crippen LogP contribution in [0, 0.1) is 0 Å². The zero-order valence-electron chi connectivity index (χ0n) is 30.1. The first-order chi connectivity index (χ1) is 27.8. The summed E-state index contributed by atoms with van der Waals surface area (Å²) in [4.78, 5) is 11.1. The van der Waals surface area contributed by atoms with Crippen molar-refractivity contribution in [3.63, 3.8) is 0 Å². The molecule has 4 nitrogen and oxygen atoms in total. The maximum atomic E-state index is 5.64. The molecule has 9 aromatic carbocycles. The van der Waals surface area contributed by atoms with Gasteiger partial charge < -0.3 is 4.40 Å². The van der Waals surface area contributed by atoms with Crippen molar-refractivity contribution in [1.29, 1.82) is 0 Å². The summed E-state index contributed by atoms with van der Waals surface area (Å²) in [5, 5.41) is 13.2. The van der Waals surface area contributed by atoms with Crippen LogP contribution < -0.4 is 0 Å². The van der Waals surface area contributed by atoms with E-state index >= 15 is 0 Å². The van der Waals surface area contributed by atoms with Gasteiger partial charge >= 0.3 is 0 Å². The van der Waals surface area contributed by atoms with Crippen LogP contribution in [0.25, 0.3) is 121 Å². The van der Waals surface area contributed by atoms with E-state index in [0.29, 0.717) is 5.95 Å². The van der Waals surface area contributed by atoms with E-state index in [1.807, 2.05) is 0 Å². The molecule has 0 aliphatic carbocycles. The predicted molar refractivity (Wildman–Crippen MR) is 234 cm³/mol. The van der Waals surface area contributed by atoms with Crippen molar-refractivity contribution >= 4 is 92.3 Å². The molecule has 0 aliphatic heterocycles. The number of para-hydroxylation sites is 3. The minimum atomic E-state index is 0.657. The van der Waals surface area contributed by atoms with E-state index in [1.165, 1.54) is 81.5 Å². The van der Waals surface area contributed by atoms with Gasteiger partial charge in [0.25, 0.3) is 0 Å². The highest BCUT2D eigenvalue weighted by molar-refractivity contribution is 6.36. The van der Waals surface area contributed by atoms with Crippen LogP contribution in [0.15, 0.2) is 182 Å². The van der Waals surface area contributed by atoms with Crippen LogP contribution in [0.3, 0.4) is 0 Å². The first kappa shape index (κ1) is 29.8. The molecule has 0 amide bonds. The second-order valence-electron chi connectivity index (χ2n) is 14.9. The van der Waals surface area contributed by atoms with Gasteiger partial charge in [0.1, 0.15) is 0 Å². The van der Waals surface area contributed by atoms with Crippen molar-refractivity contribution in [2.45, 2.75) is 0 Å². The van der Waals surface area contributed by atoms with Crippen molar-refractivity contribution < 1.29 is 0 Å². The maximum Gasteiger partial charge on any atom is 0.235 e. The molecule has 13 rings (SSSR count). The molecule has 4 heteroatoms. The van der Waals surface area contributed by atoms with E-state index < -0.39 is 0 Å². The highest BCUT2D eigenvalue weighted by Gasteiger charge is 2.26. The fraction of sp³-hybridized carbons (Fsp3) is 0. The van der Waals surface area contributed by atoms with Gasteiger partial charge in [-0.25, -0.2) is 9.97 Å². The topological polar surface area (TPSA) is 35.1 Å². The van der Waals surface area contributed by atoms with Crippen molar-refractivity contribution in [3.05, 3.63) is 182 Å². The van der Waals surface area contributed by atoms with Crippen LogP contribution in [0.2, 0.25) is 0 Å². The summed E-state index contributed by atoms with van der Waals surface area (Å²) in [6, 6.07) is 65.8. The third-order valence-electron chi connectivity index (χ3n) is 12.0. The Morgan fingerprint density at radius 2 is 1.02 bits per heavy atom. The van der Waals surface area contributed by atoms with Gasteiger partial charge in [-0.15, -0.1) is 0 Å². The van der Waals surface area contributed by atoms with E-state index in [9.17, 15) is 0 Å². The molecule has 4 heterocycles. The molecule has 0 spiro atoms. The van der Waals surface area contributed by atoms with E-state index in [4.69, 9.17) is 9.97 Å². The number of nitrogens with zero attached hydrogens (tertiary/aromatic N) is 4. The van der Waals surface area contributed by atoms with Crippen LogP contribution in [0.5, 0.6) is 0 Å². The average Bonchev–Trinajstić information content (AvgIpc) is 3.90. The Balaban J connectivity index is 1.22. The van der Waals surface area contributed by atoms with E-state index in [-0.39, 0.29) is 0 Å². The summed E-state index contributed by atoms with van der Waals surface area (Å²) in [5.74, 6) is 0.657. The molecule has 0 saturated heterocycles. The second-order valence-corrected chi connectivity index (χ2v) is 14.9. The Morgan fingerprint density at radius 1 is 0.357 bits per heavy atom. The number of hydrogen-bond acceptors (Lipinski definition) is 2. The summed E-state index contributed by atoms with van der Waals surface area (Å²) in [6.45, 7) is 0. The summed E-state index contributed by atoms with van der Waals surface area (Å²) in [6.07, 6.45) is 0. The third-order valence-corrected chi connectivity index (χ3v) is 12.0. The minimum absolute atomic E-state index is 0.657. The van der Waals surface area contributed by atoms with Gasteiger partial charge in [0, 0.05) is 43.3 Å². The van der Waals surface area contributed by atoms with Crippen LogP contribution in [0.4, 0.5) is 0 Å². The van der Waals surface area contributed by atoms with Gasteiger partial charge in [0.05, 0.1) is 38.8 Å². The number of benzene rings is 9. The summed E-state index contributed by atoms with van der Waals surface area (Å²) in [5.41, 5.74) is 11.2. The maximum absolute atomic E-state index is 5.64. The van der Waals surface area contributed by atoms with Crippen LogP contribution in [-0.2, 0) is 0 Å². The summed E-state index contributed by atoms with van der Waals surface area (Å²) in [7, 11) is 0. The molecule has 4 aromatic heterocycles. The molecule has 13 aromatic rings. The number of aromatic nitrogens is 4. The molecule has 0 atom stereocenters. The largest absolute Gasteiger partial charge is 0.308 e. The Kier molecular flexibility index (Phi) is 5.86.